The predicted octanol–water partition coefficient (Wildman–Crippen LogP) is 2.09. The van der Waals surface area contributed by atoms with Crippen molar-refractivity contribution in [1.29, 1.82) is 0 Å². The molecule has 6 unspecified atom stereocenters. The summed E-state index contributed by atoms with van der Waals surface area (Å²) in [5.74, 6) is 0.452. The van der Waals surface area contributed by atoms with E-state index in [9.17, 15) is 14.4 Å². The molecule has 0 spiro atoms. The number of aliphatic imine (C=N–C) groups is 1. The summed E-state index contributed by atoms with van der Waals surface area (Å²) in [7, 11) is 8.72. The number of likely N-dealkylation sites (tertiary alicyclic amines) is 1. The number of likely N-dealkylation sites (N-methyl/N-ethyl adjacent to an activating group) is 1. The zero-order valence-electron chi connectivity index (χ0n) is 22.6. The van der Waals surface area contributed by atoms with Crippen LogP contribution in [-0.2, 0) is 23.9 Å². The molecule has 0 aromatic carbocycles. The number of rotatable bonds is 13. The van der Waals surface area contributed by atoms with Crippen molar-refractivity contribution in [2.45, 2.75) is 77.7 Å². The third-order valence-electron chi connectivity index (χ3n) is 7.22. The summed E-state index contributed by atoms with van der Waals surface area (Å²) in [5.41, 5.74) is 0. The zero-order valence-corrected chi connectivity index (χ0v) is 22.6. The van der Waals surface area contributed by atoms with Gasteiger partial charge in [0.05, 0.1) is 36.5 Å². The lowest BCUT2D eigenvalue weighted by atomic mass is 9.90. The summed E-state index contributed by atoms with van der Waals surface area (Å²) >= 11 is 0. The van der Waals surface area contributed by atoms with E-state index in [1.54, 1.807) is 26.2 Å². The number of amidine groups is 1. The van der Waals surface area contributed by atoms with Gasteiger partial charge in [0.2, 0.25) is 11.8 Å². The highest BCUT2D eigenvalue weighted by atomic mass is 16.5. The average Bonchev–Trinajstić information content (AvgIpc) is 3.30. The number of ether oxygens (including phenoxy) is 2. The molecule has 0 saturated carbocycles. The second kappa shape index (κ2) is 14.4. The Balaban J connectivity index is 3.05. The number of carbonyl (C=O) groups excluding carboxylic acids is 3. The Hall–Kier alpha value is -2.00. The van der Waals surface area contributed by atoms with Crippen LogP contribution in [0.4, 0.5) is 0 Å². The number of carbonyl (C=O) groups is 3. The van der Waals surface area contributed by atoms with Crippen molar-refractivity contribution in [3.8, 4) is 0 Å². The molecule has 9 heteroatoms. The number of hydrogen-bond donors (Lipinski definition) is 0. The van der Waals surface area contributed by atoms with E-state index in [0.717, 1.165) is 31.4 Å². The first kappa shape index (κ1) is 30.0. The smallest absolute Gasteiger partial charge is 0.244 e. The van der Waals surface area contributed by atoms with E-state index in [-0.39, 0.29) is 54.8 Å². The molecule has 1 fully saturated rings. The van der Waals surface area contributed by atoms with Gasteiger partial charge in [0.25, 0.3) is 0 Å². The molecular formula is C25H46N4O5. The van der Waals surface area contributed by atoms with Crippen LogP contribution in [-0.4, -0.2) is 111 Å². The maximum absolute atomic E-state index is 13.4. The molecule has 1 aliphatic rings. The molecule has 9 nitrogen and oxygen atoms in total. The van der Waals surface area contributed by atoms with Crippen LogP contribution in [0.2, 0.25) is 0 Å². The Morgan fingerprint density at radius 1 is 1.18 bits per heavy atom. The SMILES string of the molecule is CCC(C)C(C(CC(=O)N1CCCC1C(OC)C(C)C=O)OC)N(C)C(=O)CN=C(C)N(C)C. The van der Waals surface area contributed by atoms with E-state index in [1.165, 1.54) is 0 Å². The second-order valence-electron chi connectivity index (χ2n) is 9.61. The molecule has 196 valence electrons. The van der Waals surface area contributed by atoms with Gasteiger partial charge in [-0.1, -0.05) is 27.2 Å². The van der Waals surface area contributed by atoms with Gasteiger partial charge in [-0.2, -0.15) is 0 Å². The largest absolute Gasteiger partial charge is 0.379 e. The molecule has 34 heavy (non-hydrogen) atoms. The Labute approximate surface area is 205 Å². The summed E-state index contributed by atoms with van der Waals surface area (Å²) < 4.78 is 11.4. The van der Waals surface area contributed by atoms with Crippen molar-refractivity contribution >= 4 is 23.9 Å². The van der Waals surface area contributed by atoms with Gasteiger partial charge in [0.1, 0.15) is 12.8 Å². The first-order chi connectivity index (χ1) is 16.0. The number of hydrogen-bond acceptors (Lipinski definition) is 6. The first-order valence-corrected chi connectivity index (χ1v) is 12.3. The highest BCUT2D eigenvalue weighted by molar-refractivity contribution is 5.85. The Bertz CT molecular complexity index is 699. The maximum Gasteiger partial charge on any atom is 0.244 e. The van der Waals surface area contributed by atoms with Gasteiger partial charge in [0.15, 0.2) is 0 Å². The summed E-state index contributed by atoms with van der Waals surface area (Å²) in [6.07, 6.45) is 2.76. The summed E-state index contributed by atoms with van der Waals surface area (Å²) in [6.45, 7) is 8.50. The van der Waals surface area contributed by atoms with Crippen LogP contribution < -0.4 is 0 Å². The van der Waals surface area contributed by atoms with Gasteiger partial charge >= 0.3 is 0 Å². The molecule has 1 heterocycles. The third kappa shape index (κ3) is 7.77. The molecule has 1 aliphatic heterocycles. The van der Waals surface area contributed by atoms with E-state index in [1.807, 2.05) is 37.7 Å². The standard InChI is InChI=1S/C25H46N4O5/c1-10-17(2)24(28(7)23(32)15-26-19(4)27(5)6)21(33-8)14-22(31)29-13-11-12-20(29)25(34-9)18(3)16-30/h16-18,20-21,24-25H,10-15H2,1-9H3. The second-order valence-corrected chi connectivity index (χ2v) is 9.61. The molecule has 0 bridgehead atoms. The minimum atomic E-state index is -0.457. The van der Waals surface area contributed by atoms with E-state index in [2.05, 4.69) is 18.8 Å². The Morgan fingerprint density at radius 3 is 2.32 bits per heavy atom. The van der Waals surface area contributed by atoms with E-state index >= 15 is 0 Å². The van der Waals surface area contributed by atoms with Crippen LogP contribution in [0.15, 0.2) is 4.99 Å². The fraction of sp³-hybridized carbons (Fsp3) is 0.840. The van der Waals surface area contributed by atoms with Gasteiger partial charge in [-0.05, 0) is 25.7 Å². The maximum atomic E-state index is 13.4. The normalized spacial score (nSPS) is 20.9. The lowest BCUT2D eigenvalue weighted by Gasteiger charge is -2.39. The van der Waals surface area contributed by atoms with E-state index < -0.39 is 6.10 Å². The molecule has 0 aromatic rings. The van der Waals surface area contributed by atoms with Crippen molar-refractivity contribution in [2.75, 3.05) is 48.5 Å². The lowest BCUT2D eigenvalue weighted by Crippen LogP contribution is -2.52. The molecule has 6 atom stereocenters. The van der Waals surface area contributed by atoms with Crippen LogP contribution in [0.25, 0.3) is 0 Å². The van der Waals surface area contributed by atoms with E-state index in [4.69, 9.17) is 9.47 Å². The topological polar surface area (TPSA) is 91.8 Å². The summed E-state index contributed by atoms with van der Waals surface area (Å²) in [6, 6.07) is -0.408. The van der Waals surface area contributed by atoms with Crippen LogP contribution in [0, 0.1) is 11.8 Å². The van der Waals surface area contributed by atoms with Gasteiger partial charge in [0, 0.05) is 47.8 Å². The molecule has 1 saturated heterocycles. The number of amides is 2. The predicted molar refractivity (Wildman–Crippen MR) is 134 cm³/mol. The van der Waals surface area contributed by atoms with E-state index in [0.29, 0.717) is 6.54 Å². The number of aldehydes is 1. The Morgan fingerprint density at radius 2 is 1.82 bits per heavy atom. The lowest BCUT2D eigenvalue weighted by molar-refractivity contribution is -0.144. The van der Waals surface area contributed by atoms with Gasteiger partial charge < -0.3 is 29.0 Å². The van der Waals surface area contributed by atoms with Crippen LogP contribution in [0.5, 0.6) is 0 Å². The highest BCUT2D eigenvalue weighted by Crippen LogP contribution is 2.28. The molecule has 0 aromatic heterocycles. The molecule has 2 amide bonds. The fourth-order valence-corrected chi connectivity index (χ4v) is 4.72. The average molecular weight is 483 g/mol. The number of methoxy groups -OCH3 is 2. The molecule has 0 aliphatic carbocycles. The van der Waals surface area contributed by atoms with Crippen LogP contribution >= 0.6 is 0 Å². The van der Waals surface area contributed by atoms with Crippen molar-refractivity contribution in [3.63, 3.8) is 0 Å². The van der Waals surface area contributed by atoms with Crippen LogP contribution in [0.3, 0.4) is 0 Å². The molecule has 1 rings (SSSR count). The summed E-state index contributed by atoms with van der Waals surface area (Å²) in [4.78, 5) is 47.6. The highest BCUT2D eigenvalue weighted by Gasteiger charge is 2.40. The van der Waals surface area contributed by atoms with Crippen molar-refractivity contribution in [2.24, 2.45) is 16.8 Å². The van der Waals surface area contributed by atoms with Crippen molar-refractivity contribution in [1.82, 2.24) is 14.7 Å². The fourth-order valence-electron chi connectivity index (χ4n) is 4.72. The number of nitrogens with zero attached hydrogens (tertiary/aromatic N) is 4. The zero-order chi connectivity index (χ0) is 26.0. The van der Waals surface area contributed by atoms with Gasteiger partial charge in [-0.3, -0.25) is 14.6 Å². The minimum Gasteiger partial charge on any atom is -0.379 e. The quantitative estimate of drug-likeness (QED) is 0.227. The molecular weight excluding hydrogens is 436 g/mol. The van der Waals surface area contributed by atoms with Gasteiger partial charge in [-0.25, -0.2) is 0 Å². The monoisotopic (exact) mass is 482 g/mol. The van der Waals surface area contributed by atoms with Crippen molar-refractivity contribution in [3.05, 3.63) is 0 Å². The van der Waals surface area contributed by atoms with Crippen LogP contribution in [0.1, 0.15) is 53.4 Å². The first-order valence-electron chi connectivity index (χ1n) is 12.3. The molecule has 0 N–H and O–H groups in total. The molecule has 0 radical (unpaired) electrons. The summed E-state index contributed by atoms with van der Waals surface area (Å²) in [5, 5.41) is 0. The van der Waals surface area contributed by atoms with Crippen molar-refractivity contribution < 1.29 is 23.9 Å². The van der Waals surface area contributed by atoms with Gasteiger partial charge in [-0.15, -0.1) is 0 Å². The minimum absolute atomic E-state index is 0.0369. The third-order valence-corrected chi connectivity index (χ3v) is 7.22. The Kier molecular flexibility index (Phi) is 12.7.